The predicted molar refractivity (Wildman–Crippen MR) is 104 cm³/mol. The van der Waals surface area contributed by atoms with E-state index in [4.69, 9.17) is 9.72 Å². The molecule has 1 saturated heterocycles. The van der Waals surface area contributed by atoms with Gasteiger partial charge in [-0.15, -0.1) is 0 Å². The molecule has 8 heteroatoms. The second kappa shape index (κ2) is 6.62. The second-order valence-electron chi connectivity index (χ2n) is 5.51. The average Bonchev–Trinajstić information content (AvgIpc) is 3.15. The van der Waals surface area contributed by atoms with Crippen molar-refractivity contribution in [3.8, 4) is 17.0 Å². The fraction of sp³-hybridized carbons (Fsp3) is 0.0556. The van der Waals surface area contributed by atoms with Crippen LogP contribution in [0.5, 0.6) is 5.75 Å². The number of imidazole rings is 1. The molecule has 1 fully saturated rings. The summed E-state index contributed by atoms with van der Waals surface area (Å²) in [5.74, 6) is 0.309. The number of carbonyl (C=O) groups excluding carboxylic acids is 2. The van der Waals surface area contributed by atoms with E-state index in [1.165, 1.54) is 0 Å². The molecule has 4 rings (SSSR count). The van der Waals surface area contributed by atoms with Crippen LogP contribution in [-0.4, -0.2) is 27.6 Å². The van der Waals surface area contributed by atoms with Gasteiger partial charge in [0.2, 0.25) is 0 Å². The third-order valence-electron chi connectivity index (χ3n) is 3.87. The summed E-state index contributed by atoms with van der Waals surface area (Å²) in [6.07, 6.45) is 3.56. The number of nitrogens with one attached hydrogen (secondary N) is 1. The van der Waals surface area contributed by atoms with Crippen LogP contribution >= 0.6 is 27.7 Å². The van der Waals surface area contributed by atoms with Gasteiger partial charge in [-0.25, -0.2) is 4.98 Å². The van der Waals surface area contributed by atoms with Crippen molar-refractivity contribution in [2.45, 2.75) is 0 Å². The van der Waals surface area contributed by atoms with Crippen molar-refractivity contribution in [1.82, 2.24) is 14.7 Å². The number of ether oxygens (including phenoxy) is 1. The molecule has 0 unspecified atom stereocenters. The Hall–Kier alpha value is -2.58. The highest BCUT2D eigenvalue weighted by Crippen LogP contribution is 2.32. The Kier molecular flexibility index (Phi) is 4.29. The first-order valence-corrected chi connectivity index (χ1v) is 9.23. The van der Waals surface area contributed by atoms with Crippen LogP contribution in [0.2, 0.25) is 0 Å². The molecule has 0 aliphatic carbocycles. The highest BCUT2D eigenvalue weighted by molar-refractivity contribution is 9.10. The molecule has 0 atom stereocenters. The number of amides is 2. The first-order valence-electron chi connectivity index (χ1n) is 7.62. The molecule has 1 aliphatic heterocycles. The van der Waals surface area contributed by atoms with Gasteiger partial charge in [0, 0.05) is 16.2 Å². The van der Waals surface area contributed by atoms with E-state index in [2.05, 4.69) is 21.2 Å². The van der Waals surface area contributed by atoms with Crippen LogP contribution in [0.15, 0.2) is 52.0 Å². The summed E-state index contributed by atoms with van der Waals surface area (Å²) in [6, 6.07) is 11.3. The number of pyridine rings is 1. The number of hydrogen-bond donors (Lipinski definition) is 1. The van der Waals surface area contributed by atoms with Gasteiger partial charge in [0.15, 0.2) is 0 Å². The van der Waals surface area contributed by atoms with Crippen LogP contribution in [0.25, 0.3) is 23.0 Å². The van der Waals surface area contributed by atoms with E-state index in [-0.39, 0.29) is 5.24 Å². The topological polar surface area (TPSA) is 72.7 Å². The van der Waals surface area contributed by atoms with Crippen LogP contribution in [0.3, 0.4) is 0 Å². The highest BCUT2D eigenvalue weighted by atomic mass is 79.9. The van der Waals surface area contributed by atoms with E-state index >= 15 is 0 Å². The molecule has 1 aliphatic rings. The van der Waals surface area contributed by atoms with Gasteiger partial charge in [-0.1, -0.05) is 12.1 Å². The first-order chi connectivity index (χ1) is 12.5. The lowest BCUT2D eigenvalue weighted by Crippen LogP contribution is -2.17. The number of thioether (sulfide) groups is 1. The lowest BCUT2D eigenvalue weighted by Gasteiger charge is -2.04. The Balaban J connectivity index is 1.96. The van der Waals surface area contributed by atoms with Gasteiger partial charge >= 0.3 is 0 Å². The Morgan fingerprint density at radius 2 is 2.12 bits per heavy atom. The molecule has 0 saturated carbocycles. The molecule has 0 bridgehead atoms. The number of rotatable bonds is 3. The van der Waals surface area contributed by atoms with Crippen LogP contribution in [-0.2, 0) is 4.79 Å². The zero-order valence-electron chi connectivity index (χ0n) is 13.5. The van der Waals surface area contributed by atoms with E-state index in [0.717, 1.165) is 27.4 Å². The van der Waals surface area contributed by atoms with Crippen LogP contribution in [0, 0.1) is 0 Å². The van der Waals surface area contributed by atoms with Crippen molar-refractivity contribution in [2.24, 2.45) is 0 Å². The third-order valence-corrected chi connectivity index (χ3v) is 5.15. The van der Waals surface area contributed by atoms with Crippen LogP contribution in [0.4, 0.5) is 4.79 Å². The molecular weight excluding hydrogens is 418 g/mol. The molecule has 1 aromatic carbocycles. The Labute approximate surface area is 161 Å². The largest absolute Gasteiger partial charge is 0.497 e. The van der Waals surface area contributed by atoms with E-state index in [1.807, 2.05) is 47.0 Å². The van der Waals surface area contributed by atoms with E-state index < -0.39 is 5.91 Å². The van der Waals surface area contributed by atoms with Gasteiger partial charge in [0.25, 0.3) is 11.1 Å². The molecule has 3 aromatic rings. The molecule has 0 radical (unpaired) electrons. The maximum absolute atomic E-state index is 12.0. The fourth-order valence-corrected chi connectivity index (χ4v) is 3.70. The van der Waals surface area contributed by atoms with Gasteiger partial charge in [-0.05, 0) is 58.0 Å². The van der Waals surface area contributed by atoms with E-state index in [0.29, 0.717) is 22.0 Å². The van der Waals surface area contributed by atoms with Crippen molar-refractivity contribution in [3.63, 3.8) is 0 Å². The summed E-state index contributed by atoms with van der Waals surface area (Å²) in [5, 5.41) is 1.90. The highest BCUT2D eigenvalue weighted by Gasteiger charge is 2.26. The quantitative estimate of drug-likeness (QED) is 0.634. The van der Waals surface area contributed by atoms with Crippen LogP contribution < -0.4 is 10.1 Å². The summed E-state index contributed by atoms with van der Waals surface area (Å²) in [6.45, 7) is 0. The molecule has 6 nitrogen and oxygen atoms in total. The fourth-order valence-electron chi connectivity index (χ4n) is 2.70. The number of methoxy groups -OCH3 is 1. The summed E-state index contributed by atoms with van der Waals surface area (Å²) in [5.41, 5.74) is 2.99. The van der Waals surface area contributed by atoms with Crippen LogP contribution in [0.1, 0.15) is 5.69 Å². The van der Waals surface area contributed by atoms with Crippen molar-refractivity contribution in [1.29, 1.82) is 0 Å². The minimum atomic E-state index is -0.401. The van der Waals surface area contributed by atoms with Crippen molar-refractivity contribution < 1.29 is 14.3 Å². The summed E-state index contributed by atoms with van der Waals surface area (Å²) in [4.78, 5) is 28.5. The van der Waals surface area contributed by atoms with Crippen molar-refractivity contribution >= 4 is 50.6 Å². The molecule has 2 amide bonds. The number of fused-ring (bicyclic) bond motifs is 1. The van der Waals surface area contributed by atoms with E-state index in [1.54, 1.807) is 13.2 Å². The smallest absolute Gasteiger partial charge is 0.290 e. The number of hydrogen-bond acceptors (Lipinski definition) is 5. The molecule has 0 spiro atoms. The molecular formula is C18H12BrN3O3S. The zero-order valence-corrected chi connectivity index (χ0v) is 15.9. The lowest BCUT2D eigenvalue weighted by atomic mass is 10.1. The minimum Gasteiger partial charge on any atom is -0.497 e. The van der Waals surface area contributed by atoms with Gasteiger partial charge in [0.05, 0.1) is 23.4 Å². The summed E-state index contributed by atoms with van der Waals surface area (Å²) in [7, 11) is 1.61. The molecule has 130 valence electrons. The monoisotopic (exact) mass is 429 g/mol. The zero-order chi connectivity index (χ0) is 18.3. The van der Waals surface area contributed by atoms with Gasteiger partial charge in [0.1, 0.15) is 11.4 Å². The molecule has 26 heavy (non-hydrogen) atoms. The summed E-state index contributed by atoms with van der Waals surface area (Å²) < 4.78 is 8.06. The number of benzene rings is 1. The van der Waals surface area contributed by atoms with Gasteiger partial charge < -0.3 is 4.74 Å². The SMILES string of the molecule is COc1cccc(-c2nc3ccc(Br)cn3c2C=C2SC(=O)NC2=O)c1. The summed E-state index contributed by atoms with van der Waals surface area (Å²) >= 11 is 4.34. The predicted octanol–water partition coefficient (Wildman–Crippen LogP) is 4.10. The Morgan fingerprint density at radius 1 is 1.27 bits per heavy atom. The second-order valence-corrected chi connectivity index (χ2v) is 7.44. The Morgan fingerprint density at radius 3 is 2.85 bits per heavy atom. The van der Waals surface area contributed by atoms with Crippen molar-refractivity contribution in [2.75, 3.05) is 7.11 Å². The van der Waals surface area contributed by atoms with Gasteiger partial charge in [-0.2, -0.15) is 0 Å². The standard InChI is InChI=1S/C18H12BrN3O3S/c1-25-12-4-2-3-10(7-12)16-13(8-14-17(23)21-18(24)26-14)22-9-11(19)5-6-15(22)20-16/h2-9H,1H3,(H,21,23,24). The molecule has 3 heterocycles. The Bertz CT molecular complexity index is 1090. The number of aromatic nitrogens is 2. The number of imide groups is 1. The molecule has 1 N–H and O–H groups in total. The first kappa shape index (κ1) is 16.9. The maximum atomic E-state index is 12.0. The van der Waals surface area contributed by atoms with E-state index in [9.17, 15) is 9.59 Å². The molecule has 2 aromatic heterocycles. The number of halogens is 1. The number of nitrogens with zero attached hydrogens (tertiary/aromatic N) is 2. The normalized spacial score (nSPS) is 15.7. The van der Waals surface area contributed by atoms with Crippen molar-refractivity contribution in [3.05, 3.63) is 57.7 Å². The average molecular weight is 430 g/mol. The minimum absolute atomic E-state index is 0.334. The maximum Gasteiger partial charge on any atom is 0.290 e. The lowest BCUT2D eigenvalue weighted by molar-refractivity contribution is -0.115. The number of carbonyl (C=O) groups is 2. The third kappa shape index (κ3) is 3.02. The van der Waals surface area contributed by atoms with Gasteiger partial charge in [-0.3, -0.25) is 19.3 Å².